The summed E-state index contributed by atoms with van der Waals surface area (Å²) in [6, 6.07) is 8.86. The van der Waals surface area contributed by atoms with Crippen molar-refractivity contribution in [3.63, 3.8) is 0 Å². The van der Waals surface area contributed by atoms with E-state index in [0.29, 0.717) is 28.6 Å². The van der Waals surface area contributed by atoms with Gasteiger partial charge in [0, 0.05) is 41.0 Å². The zero-order chi connectivity index (χ0) is 15.3. The Bertz CT molecular complexity index is 592. The van der Waals surface area contributed by atoms with E-state index in [-0.39, 0.29) is 6.61 Å². The summed E-state index contributed by atoms with van der Waals surface area (Å²) < 4.78 is 5.44. The van der Waals surface area contributed by atoms with Crippen molar-refractivity contribution in [3.8, 4) is 0 Å². The van der Waals surface area contributed by atoms with Gasteiger partial charge in [0.15, 0.2) is 0 Å². The molecule has 5 heteroatoms. The van der Waals surface area contributed by atoms with E-state index in [1.807, 2.05) is 19.1 Å². The molecule has 21 heavy (non-hydrogen) atoms. The van der Waals surface area contributed by atoms with Crippen molar-refractivity contribution < 1.29 is 9.84 Å². The predicted molar refractivity (Wildman–Crippen MR) is 84.8 cm³/mol. The van der Waals surface area contributed by atoms with Gasteiger partial charge < -0.3 is 9.84 Å². The van der Waals surface area contributed by atoms with Crippen molar-refractivity contribution in [1.82, 2.24) is 4.98 Å². The molecule has 0 aliphatic carbocycles. The fourth-order valence-corrected chi connectivity index (χ4v) is 2.60. The maximum atomic E-state index is 11.0. The summed E-state index contributed by atoms with van der Waals surface area (Å²) in [7, 11) is 0. The van der Waals surface area contributed by atoms with Gasteiger partial charge in [-0.25, -0.2) is 0 Å². The highest BCUT2D eigenvalue weighted by Crippen LogP contribution is 2.30. The van der Waals surface area contributed by atoms with Crippen LogP contribution < -0.4 is 0 Å². The van der Waals surface area contributed by atoms with Gasteiger partial charge in [-0.3, -0.25) is 4.98 Å². The van der Waals surface area contributed by atoms with Crippen molar-refractivity contribution in [2.24, 2.45) is 0 Å². The van der Waals surface area contributed by atoms with Crippen LogP contribution in [0.3, 0.4) is 0 Å². The number of rotatable bonds is 6. The van der Waals surface area contributed by atoms with E-state index >= 15 is 0 Å². The quantitative estimate of drug-likeness (QED) is 0.877. The molecule has 0 spiro atoms. The number of aliphatic hydroxyl groups is 1. The Morgan fingerprint density at radius 2 is 2.10 bits per heavy atom. The lowest BCUT2D eigenvalue weighted by molar-refractivity contribution is -0.0480. The van der Waals surface area contributed by atoms with E-state index < -0.39 is 5.60 Å². The average molecular weight is 326 g/mol. The second-order valence-electron chi connectivity index (χ2n) is 4.82. The van der Waals surface area contributed by atoms with Crippen molar-refractivity contribution in [1.29, 1.82) is 0 Å². The summed E-state index contributed by atoms with van der Waals surface area (Å²) in [5.74, 6) is 0. The molecule has 0 amide bonds. The summed E-state index contributed by atoms with van der Waals surface area (Å²) in [6.07, 6.45) is 3.64. The van der Waals surface area contributed by atoms with E-state index in [2.05, 4.69) is 4.98 Å². The molecule has 0 bridgehead atoms. The molecule has 1 aromatic heterocycles. The largest absolute Gasteiger partial charge is 0.382 e. The molecule has 0 saturated carbocycles. The Labute approximate surface area is 134 Å². The Morgan fingerprint density at radius 3 is 2.71 bits per heavy atom. The average Bonchev–Trinajstić information content (AvgIpc) is 2.49. The van der Waals surface area contributed by atoms with E-state index in [9.17, 15) is 5.11 Å². The van der Waals surface area contributed by atoms with Gasteiger partial charge in [-0.2, -0.15) is 0 Å². The van der Waals surface area contributed by atoms with Crippen LogP contribution in [0.5, 0.6) is 0 Å². The van der Waals surface area contributed by atoms with Gasteiger partial charge in [-0.15, -0.1) is 0 Å². The number of hydrogen-bond acceptors (Lipinski definition) is 3. The van der Waals surface area contributed by atoms with Crippen LogP contribution in [0, 0.1) is 0 Å². The lowest BCUT2D eigenvalue weighted by Gasteiger charge is -2.28. The van der Waals surface area contributed by atoms with E-state index in [1.165, 1.54) is 0 Å². The van der Waals surface area contributed by atoms with Crippen molar-refractivity contribution >= 4 is 23.2 Å². The lowest BCUT2D eigenvalue weighted by Crippen LogP contribution is -2.34. The third-order valence-corrected chi connectivity index (χ3v) is 3.83. The molecule has 1 heterocycles. The molecule has 2 rings (SSSR count). The zero-order valence-electron chi connectivity index (χ0n) is 11.7. The van der Waals surface area contributed by atoms with Gasteiger partial charge in [0.2, 0.25) is 0 Å². The Hall–Kier alpha value is -1.13. The molecule has 3 nitrogen and oxygen atoms in total. The monoisotopic (exact) mass is 325 g/mol. The second-order valence-corrected chi connectivity index (χ2v) is 5.67. The minimum Gasteiger partial charge on any atom is -0.382 e. The molecule has 0 fully saturated rings. The van der Waals surface area contributed by atoms with E-state index in [0.717, 1.165) is 5.56 Å². The number of hydrogen-bond donors (Lipinski definition) is 1. The summed E-state index contributed by atoms with van der Waals surface area (Å²) in [5.41, 5.74) is 0.332. The molecule has 1 unspecified atom stereocenters. The van der Waals surface area contributed by atoms with Crippen LogP contribution in [0.2, 0.25) is 10.0 Å². The topological polar surface area (TPSA) is 42.4 Å². The molecule has 112 valence electrons. The minimum atomic E-state index is -1.18. The Morgan fingerprint density at radius 1 is 1.29 bits per heavy atom. The van der Waals surface area contributed by atoms with Crippen LogP contribution in [-0.4, -0.2) is 23.3 Å². The van der Waals surface area contributed by atoms with Gasteiger partial charge >= 0.3 is 0 Å². The first-order chi connectivity index (χ1) is 10.0. The van der Waals surface area contributed by atoms with Crippen molar-refractivity contribution in [2.45, 2.75) is 18.9 Å². The van der Waals surface area contributed by atoms with Gasteiger partial charge in [0.05, 0.1) is 6.61 Å². The number of benzene rings is 1. The van der Waals surface area contributed by atoms with Gasteiger partial charge in [0.25, 0.3) is 0 Å². The Balaban J connectivity index is 2.32. The van der Waals surface area contributed by atoms with Crippen LogP contribution in [0.25, 0.3) is 0 Å². The van der Waals surface area contributed by atoms with Crippen LogP contribution in [-0.2, 0) is 16.8 Å². The summed E-state index contributed by atoms with van der Waals surface area (Å²) >= 11 is 12.1. The molecule has 0 aliphatic rings. The summed E-state index contributed by atoms with van der Waals surface area (Å²) in [6.45, 7) is 2.59. The fraction of sp³-hybridized carbons (Fsp3) is 0.312. The van der Waals surface area contributed by atoms with Gasteiger partial charge in [-0.1, -0.05) is 35.3 Å². The molecule has 0 radical (unpaired) electrons. The minimum absolute atomic E-state index is 0.175. The third-order valence-electron chi connectivity index (χ3n) is 3.24. The maximum absolute atomic E-state index is 11.0. The third kappa shape index (κ3) is 4.17. The molecule has 0 saturated heterocycles. The van der Waals surface area contributed by atoms with E-state index in [1.54, 1.807) is 30.6 Å². The zero-order valence-corrected chi connectivity index (χ0v) is 13.2. The molecular weight excluding hydrogens is 309 g/mol. The van der Waals surface area contributed by atoms with Crippen LogP contribution in [0.4, 0.5) is 0 Å². The molecule has 1 aromatic carbocycles. The van der Waals surface area contributed by atoms with Crippen LogP contribution >= 0.6 is 23.2 Å². The number of halogens is 2. The highest BCUT2D eigenvalue weighted by Gasteiger charge is 2.31. The first-order valence-corrected chi connectivity index (χ1v) is 7.45. The molecule has 1 atom stereocenters. The maximum Gasteiger partial charge on any atom is 0.118 e. The van der Waals surface area contributed by atoms with Gasteiger partial charge in [-0.05, 0) is 30.7 Å². The van der Waals surface area contributed by atoms with E-state index in [4.69, 9.17) is 27.9 Å². The highest BCUT2D eigenvalue weighted by molar-refractivity contribution is 6.35. The summed E-state index contributed by atoms with van der Waals surface area (Å²) in [4.78, 5) is 4.07. The lowest BCUT2D eigenvalue weighted by atomic mass is 9.89. The van der Waals surface area contributed by atoms with Crippen LogP contribution in [0.1, 0.15) is 18.1 Å². The van der Waals surface area contributed by atoms with Crippen molar-refractivity contribution in [3.05, 3.63) is 63.9 Å². The second kappa shape index (κ2) is 7.23. The summed E-state index contributed by atoms with van der Waals surface area (Å²) in [5, 5.41) is 12.1. The first kappa shape index (κ1) is 16.2. The van der Waals surface area contributed by atoms with Crippen LogP contribution in [0.15, 0.2) is 42.7 Å². The molecule has 0 aliphatic heterocycles. The number of aromatic nitrogens is 1. The van der Waals surface area contributed by atoms with Crippen molar-refractivity contribution in [2.75, 3.05) is 13.2 Å². The first-order valence-electron chi connectivity index (χ1n) is 6.70. The highest BCUT2D eigenvalue weighted by atomic mass is 35.5. The molecule has 2 aromatic rings. The standard InChI is InChI=1S/C16H17Cl2NO2/c1-2-21-11-16(20,13-4-3-7-19-10-13)9-12-5-6-14(17)8-15(12)18/h3-8,10,20H,2,9,11H2,1H3. The number of ether oxygens (including phenoxy) is 1. The van der Waals surface area contributed by atoms with Gasteiger partial charge in [0.1, 0.15) is 5.60 Å². The fourth-order valence-electron chi connectivity index (χ4n) is 2.13. The SMILES string of the molecule is CCOCC(O)(Cc1ccc(Cl)cc1Cl)c1cccnc1. The number of pyridine rings is 1. The normalized spacial score (nSPS) is 13.9. The predicted octanol–water partition coefficient (Wildman–Crippen LogP) is 3.86. The Kier molecular flexibility index (Phi) is 5.59. The number of nitrogens with zero attached hydrogens (tertiary/aromatic N) is 1. The molecule has 1 N–H and O–H groups in total. The smallest absolute Gasteiger partial charge is 0.118 e. The molecular formula is C16H17Cl2NO2.